The van der Waals surface area contributed by atoms with Crippen LogP contribution in [0.15, 0.2) is 90.9 Å². The summed E-state index contributed by atoms with van der Waals surface area (Å²) in [5.74, 6) is -6.60. The maximum absolute atomic E-state index is 12.2. The van der Waals surface area contributed by atoms with E-state index in [-0.39, 0.29) is 76.3 Å². The van der Waals surface area contributed by atoms with E-state index >= 15 is 0 Å². The topological polar surface area (TPSA) is 314 Å². The number of rotatable bonds is 11. The Kier molecular flexibility index (Phi) is 11.8. The standard InChI is InChI=1S/C28H22N4O14S2.Na/c33-19-9-7-17(25(35)23(19)27(37)38)31-29-15-5-3-13(21(11-15)47(41,42)43)1-2-14-4-6-16(12-22(14)48(44,45)46)30-32-18-8-10-20(34)24(26(18)36)28(39)40;/h3-12,33-36H,1-2H2,(H,37,38)(H,39,40)(H,41,42,43)(H,44,45,46);. The van der Waals surface area contributed by atoms with E-state index in [4.69, 9.17) is 10.2 Å². The van der Waals surface area contributed by atoms with Gasteiger partial charge in [0.1, 0.15) is 34.0 Å². The molecule has 251 valence electrons. The molecule has 18 nitrogen and oxygen atoms in total. The molecular formula is C28H22N4NaO14S2. The zero-order valence-electron chi connectivity index (χ0n) is 24.8. The Labute approximate surface area is 298 Å². The van der Waals surface area contributed by atoms with E-state index < -0.39 is 76.1 Å². The molecule has 4 aromatic rings. The molecule has 0 spiro atoms. The Hall–Kier alpha value is -4.96. The first-order valence-corrected chi connectivity index (χ1v) is 15.9. The van der Waals surface area contributed by atoms with Gasteiger partial charge in [0.25, 0.3) is 20.2 Å². The maximum atomic E-state index is 12.2. The Bertz CT molecular complexity index is 2100. The van der Waals surface area contributed by atoms with Gasteiger partial charge in [0.15, 0.2) is 11.5 Å². The van der Waals surface area contributed by atoms with Gasteiger partial charge in [0.2, 0.25) is 0 Å². The molecule has 49 heavy (non-hydrogen) atoms. The molecule has 0 unspecified atom stereocenters. The van der Waals surface area contributed by atoms with Crippen molar-refractivity contribution in [1.82, 2.24) is 0 Å². The van der Waals surface area contributed by atoms with Gasteiger partial charge in [0.05, 0.1) is 21.2 Å². The quantitative estimate of drug-likeness (QED) is 0.0594. The fraction of sp³-hybridized carbons (Fsp3) is 0.0714. The molecule has 0 aromatic heterocycles. The van der Waals surface area contributed by atoms with E-state index in [1.54, 1.807) is 0 Å². The van der Waals surface area contributed by atoms with Gasteiger partial charge in [-0.15, -0.1) is 10.2 Å². The van der Waals surface area contributed by atoms with Crippen molar-refractivity contribution in [2.24, 2.45) is 20.5 Å². The molecule has 0 atom stereocenters. The Morgan fingerprint density at radius 3 is 1.20 bits per heavy atom. The largest absolute Gasteiger partial charge is 0.507 e. The fourth-order valence-corrected chi connectivity index (χ4v) is 5.86. The number of azo groups is 2. The monoisotopic (exact) mass is 725 g/mol. The number of benzene rings is 4. The molecule has 21 heteroatoms. The number of carbonyl (C=O) groups is 2. The minimum Gasteiger partial charge on any atom is -0.507 e. The average molecular weight is 726 g/mol. The summed E-state index contributed by atoms with van der Waals surface area (Å²) in [6.07, 6.45) is -0.425. The maximum Gasteiger partial charge on any atom is 0.343 e. The normalized spacial score (nSPS) is 11.9. The number of aryl methyl sites for hydroxylation is 2. The third-order valence-electron chi connectivity index (χ3n) is 6.56. The summed E-state index contributed by atoms with van der Waals surface area (Å²) in [6, 6.07) is 10.8. The first-order chi connectivity index (χ1) is 22.4. The van der Waals surface area contributed by atoms with Crippen LogP contribution >= 0.6 is 0 Å². The number of aromatic hydroxyl groups is 4. The van der Waals surface area contributed by atoms with E-state index in [1.807, 2.05) is 0 Å². The minimum atomic E-state index is -4.90. The van der Waals surface area contributed by atoms with Gasteiger partial charge in [-0.2, -0.15) is 27.1 Å². The van der Waals surface area contributed by atoms with Crippen LogP contribution in [-0.2, 0) is 33.1 Å². The number of hydrogen-bond acceptors (Lipinski definition) is 14. The summed E-state index contributed by atoms with van der Waals surface area (Å²) in [6.45, 7) is 0. The van der Waals surface area contributed by atoms with Crippen LogP contribution in [0.4, 0.5) is 22.7 Å². The Morgan fingerprint density at radius 2 is 0.898 bits per heavy atom. The number of carboxylic acids is 2. The summed E-state index contributed by atoms with van der Waals surface area (Å²) in [7, 11) is -9.80. The molecule has 0 aliphatic rings. The van der Waals surface area contributed by atoms with E-state index in [0.717, 1.165) is 36.4 Å². The number of aromatic carboxylic acids is 2. The third kappa shape index (κ3) is 8.94. The van der Waals surface area contributed by atoms with Crippen LogP contribution in [0.2, 0.25) is 0 Å². The fourth-order valence-electron chi connectivity index (χ4n) is 4.32. The molecule has 0 aliphatic heterocycles. The van der Waals surface area contributed by atoms with Gasteiger partial charge in [-0.25, -0.2) is 9.59 Å². The molecular weight excluding hydrogens is 703 g/mol. The molecule has 0 heterocycles. The van der Waals surface area contributed by atoms with E-state index in [0.29, 0.717) is 0 Å². The molecule has 1 radical (unpaired) electrons. The van der Waals surface area contributed by atoms with Gasteiger partial charge >= 0.3 is 11.9 Å². The van der Waals surface area contributed by atoms with Crippen LogP contribution < -0.4 is 0 Å². The van der Waals surface area contributed by atoms with E-state index in [9.17, 15) is 56.0 Å². The van der Waals surface area contributed by atoms with Crippen molar-refractivity contribution >= 4 is 84.5 Å². The zero-order chi connectivity index (χ0) is 35.6. The van der Waals surface area contributed by atoms with Gasteiger partial charge in [-0.05, 0) is 72.5 Å². The summed E-state index contributed by atoms with van der Waals surface area (Å²) in [4.78, 5) is 21.3. The molecule has 0 saturated heterocycles. The summed E-state index contributed by atoms with van der Waals surface area (Å²) in [5, 5.41) is 72.7. The van der Waals surface area contributed by atoms with Crippen molar-refractivity contribution in [1.29, 1.82) is 0 Å². The van der Waals surface area contributed by atoms with Crippen LogP contribution in [0.1, 0.15) is 31.8 Å². The van der Waals surface area contributed by atoms with Crippen molar-refractivity contribution in [3.05, 3.63) is 82.9 Å². The van der Waals surface area contributed by atoms with Gasteiger partial charge in [0, 0.05) is 29.6 Å². The first kappa shape index (κ1) is 38.5. The predicted molar refractivity (Wildman–Crippen MR) is 167 cm³/mol. The Balaban J connectivity index is 0.00000650. The molecule has 0 amide bonds. The predicted octanol–water partition coefficient (Wildman–Crippen LogP) is 4.63. The van der Waals surface area contributed by atoms with Crippen molar-refractivity contribution in [2.45, 2.75) is 22.6 Å². The second kappa shape index (κ2) is 15.1. The minimum absolute atomic E-state index is 0. The third-order valence-corrected chi connectivity index (χ3v) is 8.44. The van der Waals surface area contributed by atoms with Crippen molar-refractivity contribution in [3.8, 4) is 23.0 Å². The van der Waals surface area contributed by atoms with Crippen LogP contribution in [0.3, 0.4) is 0 Å². The molecule has 0 saturated carbocycles. The van der Waals surface area contributed by atoms with Crippen molar-refractivity contribution in [2.75, 3.05) is 0 Å². The molecule has 0 bridgehead atoms. The Morgan fingerprint density at radius 1 is 0.551 bits per heavy atom. The summed E-state index contributed by atoms with van der Waals surface area (Å²) in [5.41, 5.74) is -2.81. The second-order valence-corrected chi connectivity index (χ2v) is 12.5. The van der Waals surface area contributed by atoms with Gasteiger partial charge < -0.3 is 30.6 Å². The number of phenols is 4. The van der Waals surface area contributed by atoms with Crippen LogP contribution in [0.5, 0.6) is 23.0 Å². The summed E-state index contributed by atoms with van der Waals surface area (Å²) < 4.78 is 68.5. The number of nitrogens with zero attached hydrogens (tertiary/aromatic N) is 4. The van der Waals surface area contributed by atoms with Crippen molar-refractivity contribution < 1.29 is 66.2 Å². The van der Waals surface area contributed by atoms with Gasteiger partial charge in [-0.1, -0.05) is 12.1 Å². The second-order valence-electron chi connectivity index (χ2n) is 9.70. The molecule has 0 fully saturated rings. The number of carboxylic acid groups (broad SMARTS) is 2. The van der Waals surface area contributed by atoms with Crippen LogP contribution in [0, 0.1) is 0 Å². The SMILES string of the molecule is O=C(O)c1c(O)ccc(N=Nc2ccc(CCc3ccc(N=Nc4ccc(O)c(C(=O)O)c4O)cc3S(=O)(=O)O)c(S(=O)(=O)O)c2)c1O.[Na]. The van der Waals surface area contributed by atoms with Gasteiger partial charge in [-0.3, -0.25) is 9.11 Å². The molecule has 8 N–H and O–H groups in total. The van der Waals surface area contributed by atoms with E-state index in [2.05, 4.69) is 20.5 Å². The molecule has 4 rings (SSSR count). The van der Waals surface area contributed by atoms with Crippen molar-refractivity contribution in [3.63, 3.8) is 0 Å². The zero-order valence-corrected chi connectivity index (χ0v) is 28.5. The number of hydrogen-bond donors (Lipinski definition) is 8. The van der Waals surface area contributed by atoms with Crippen LogP contribution in [-0.4, -0.2) is 98.1 Å². The average Bonchev–Trinajstić information content (AvgIpc) is 2.98. The summed E-state index contributed by atoms with van der Waals surface area (Å²) >= 11 is 0. The van der Waals surface area contributed by atoms with E-state index in [1.165, 1.54) is 24.3 Å². The molecule has 0 aliphatic carbocycles. The van der Waals surface area contributed by atoms with Crippen LogP contribution in [0.25, 0.3) is 0 Å². The molecule has 4 aromatic carbocycles. The smallest absolute Gasteiger partial charge is 0.343 e. The first-order valence-electron chi connectivity index (χ1n) is 13.0.